The molecule has 0 aliphatic rings. The summed E-state index contributed by atoms with van der Waals surface area (Å²) in [6, 6.07) is 15.3. The van der Waals surface area contributed by atoms with Gasteiger partial charge in [-0.2, -0.15) is 0 Å². The molecule has 0 radical (unpaired) electrons. The van der Waals surface area contributed by atoms with E-state index in [0.29, 0.717) is 29.2 Å². The summed E-state index contributed by atoms with van der Waals surface area (Å²) in [5.74, 6) is -0.568. The number of para-hydroxylation sites is 1. The number of halogens is 1. The van der Waals surface area contributed by atoms with Gasteiger partial charge in [-0.05, 0) is 63.6 Å². The molecule has 7 heteroatoms. The summed E-state index contributed by atoms with van der Waals surface area (Å²) in [7, 11) is 0. The van der Waals surface area contributed by atoms with E-state index in [2.05, 4.69) is 16.0 Å². The average Bonchev–Trinajstić information content (AvgIpc) is 3.01. The van der Waals surface area contributed by atoms with Crippen LogP contribution in [-0.2, 0) is 6.54 Å². The molecule has 3 aromatic rings. The summed E-state index contributed by atoms with van der Waals surface area (Å²) in [4.78, 5) is 24.5. The molecule has 0 fully saturated rings. The first-order valence-electron chi connectivity index (χ1n) is 10.1. The lowest BCUT2D eigenvalue weighted by Gasteiger charge is -2.11. The van der Waals surface area contributed by atoms with Crippen molar-refractivity contribution in [3.05, 3.63) is 82.9 Å². The molecule has 1 heterocycles. The number of carbonyl (C=O) groups is 2. The topological polar surface area (TPSA) is 75.2 Å². The van der Waals surface area contributed by atoms with Gasteiger partial charge in [-0.1, -0.05) is 24.3 Å². The smallest absolute Gasteiger partial charge is 0.319 e. The standard InChI is InChI=1S/C24H27FN4O2/c1-15(2)27-24(31)28-19-11-9-18(10-12-19)14-26-23(30)20-13-16(3)29(17(20)4)22-8-6-5-7-21(22)25/h5-13,15H,14H2,1-4H3,(H,26,30)(H2,27,28,31). The van der Waals surface area contributed by atoms with Crippen LogP contribution in [0.5, 0.6) is 0 Å². The van der Waals surface area contributed by atoms with E-state index in [-0.39, 0.29) is 23.8 Å². The van der Waals surface area contributed by atoms with Crippen molar-refractivity contribution in [3.63, 3.8) is 0 Å². The van der Waals surface area contributed by atoms with Crippen LogP contribution >= 0.6 is 0 Å². The Morgan fingerprint density at radius 2 is 1.71 bits per heavy atom. The molecule has 31 heavy (non-hydrogen) atoms. The van der Waals surface area contributed by atoms with Gasteiger partial charge in [0.25, 0.3) is 5.91 Å². The zero-order chi connectivity index (χ0) is 22.5. The first kappa shape index (κ1) is 22.1. The van der Waals surface area contributed by atoms with Crippen LogP contribution in [-0.4, -0.2) is 22.5 Å². The third-order valence-corrected chi connectivity index (χ3v) is 4.85. The quantitative estimate of drug-likeness (QED) is 0.539. The number of amides is 3. The van der Waals surface area contributed by atoms with Gasteiger partial charge in [-0.15, -0.1) is 0 Å². The average molecular weight is 423 g/mol. The second kappa shape index (κ2) is 9.47. The van der Waals surface area contributed by atoms with Gasteiger partial charge < -0.3 is 20.5 Å². The summed E-state index contributed by atoms with van der Waals surface area (Å²) in [5, 5.41) is 8.42. The number of urea groups is 1. The zero-order valence-corrected chi connectivity index (χ0v) is 18.1. The predicted octanol–water partition coefficient (Wildman–Crippen LogP) is 4.69. The largest absolute Gasteiger partial charge is 0.348 e. The highest BCUT2D eigenvalue weighted by atomic mass is 19.1. The Bertz CT molecular complexity index is 1090. The van der Waals surface area contributed by atoms with Crippen LogP contribution in [0.15, 0.2) is 54.6 Å². The fourth-order valence-corrected chi connectivity index (χ4v) is 3.41. The lowest BCUT2D eigenvalue weighted by atomic mass is 10.2. The highest BCUT2D eigenvalue weighted by molar-refractivity contribution is 5.96. The highest BCUT2D eigenvalue weighted by Gasteiger charge is 2.18. The molecule has 0 atom stereocenters. The second-order valence-corrected chi connectivity index (χ2v) is 7.70. The second-order valence-electron chi connectivity index (χ2n) is 7.70. The van der Waals surface area contributed by atoms with Gasteiger partial charge in [-0.3, -0.25) is 4.79 Å². The van der Waals surface area contributed by atoms with Crippen LogP contribution in [0.25, 0.3) is 5.69 Å². The Morgan fingerprint density at radius 3 is 2.35 bits per heavy atom. The maximum absolute atomic E-state index is 14.2. The number of rotatable bonds is 6. The summed E-state index contributed by atoms with van der Waals surface area (Å²) in [6.07, 6.45) is 0. The molecule has 0 aliphatic carbocycles. The minimum absolute atomic E-state index is 0.0508. The molecule has 2 aromatic carbocycles. The van der Waals surface area contributed by atoms with Crippen molar-refractivity contribution < 1.29 is 14.0 Å². The Kier molecular flexibility index (Phi) is 6.74. The van der Waals surface area contributed by atoms with Gasteiger partial charge in [0.2, 0.25) is 0 Å². The van der Waals surface area contributed by atoms with Gasteiger partial charge in [0.05, 0.1) is 11.3 Å². The summed E-state index contributed by atoms with van der Waals surface area (Å²) < 4.78 is 16.0. The van der Waals surface area contributed by atoms with E-state index in [1.54, 1.807) is 47.9 Å². The fourth-order valence-electron chi connectivity index (χ4n) is 3.41. The van der Waals surface area contributed by atoms with Crippen molar-refractivity contribution in [1.82, 2.24) is 15.2 Å². The Hall–Kier alpha value is -3.61. The number of hydrogen-bond acceptors (Lipinski definition) is 2. The number of nitrogens with zero attached hydrogens (tertiary/aromatic N) is 1. The van der Waals surface area contributed by atoms with Crippen LogP contribution in [0.2, 0.25) is 0 Å². The monoisotopic (exact) mass is 422 g/mol. The molecule has 0 aliphatic heterocycles. The van der Waals surface area contributed by atoms with Crippen LogP contribution in [0.3, 0.4) is 0 Å². The molecule has 0 saturated carbocycles. The maximum Gasteiger partial charge on any atom is 0.319 e. The Balaban J connectivity index is 1.66. The third kappa shape index (κ3) is 5.31. The van der Waals surface area contributed by atoms with Crippen LogP contribution in [0, 0.1) is 19.7 Å². The van der Waals surface area contributed by atoms with Gasteiger partial charge in [-0.25, -0.2) is 9.18 Å². The SMILES string of the molecule is Cc1cc(C(=O)NCc2ccc(NC(=O)NC(C)C)cc2)c(C)n1-c1ccccc1F. The number of carbonyl (C=O) groups excluding carboxylic acids is 2. The Labute approximate surface area is 181 Å². The first-order valence-corrected chi connectivity index (χ1v) is 10.1. The summed E-state index contributed by atoms with van der Waals surface area (Å²) in [5.41, 5.74) is 3.94. The molecule has 6 nitrogen and oxygen atoms in total. The number of aryl methyl sites for hydroxylation is 1. The normalized spacial score (nSPS) is 10.8. The van der Waals surface area contributed by atoms with E-state index >= 15 is 0 Å². The molecule has 0 saturated heterocycles. The van der Waals surface area contributed by atoms with Crippen LogP contribution < -0.4 is 16.0 Å². The highest BCUT2D eigenvalue weighted by Crippen LogP contribution is 2.23. The summed E-state index contributed by atoms with van der Waals surface area (Å²) in [6.45, 7) is 7.76. The van der Waals surface area contributed by atoms with Gasteiger partial charge in [0.15, 0.2) is 0 Å². The molecule has 3 N–H and O–H groups in total. The summed E-state index contributed by atoms with van der Waals surface area (Å²) >= 11 is 0. The van der Waals surface area contributed by atoms with Crippen LogP contribution in [0.4, 0.5) is 14.9 Å². The van der Waals surface area contributed by atoms with Crippen molar-refractivity contribution in [3.8, 4) is 5.69 Å². The molecule has 1 aromatic heterocycles. The first-order chi connectivity index (χ1) is 14.8. The molecule has 0 bridgehead atoms. The number of aromatic nitrogens is 1. The van der Waals surface area contributed by atoms with Crippen molar-refractivity contribution in [2.45, 2.75) is 40.3 Å². The van der Waals surface area contributed by atoms with Crippen molar-refractivity contribution in [2.75, 3.05) is 5.32 Å². The molecular weight excluding hydrogens is 395 g/mol. The van der Waals surface area contributed by atoms with Gasteiger partial charge in [0.1, 0.15) is 5.82 Å². The van der Waals surface area contributed by atoms with E-state index in [4.69, 9.17) is 0 Å². The van der Waals surface area contributed by atoms with Crippen molar-refractivity contribution >= 4 is 17.6 Å². The van der Waals surface area contributed by atoms with E-state index in [0.717, 1.165) is 11.3 Å². The molecule has 0 spiro atoms. The van der Waals surface area contributed by atoms with Crippen molar-refractivity contribution in [1.29, 1.82) is 0 Å². The zero-order valence-electron chi connectivity index (χ0n) is 18.1. The van der Waals surface area contributed by atoms with E-state index in [1.807, 2.05) is 32.9 Å². The number of anilines is 1. The molecule has 3 rings (SSSR count). The number of benzene rings is 2. The maximum atomic E-state index is 14.2. The lowest BCUT2D eigenvalue weighted by molar-refractivity contribution is 0.0950. The van der Waals surface area contributed by atoms with Gasteiger partial charge in [0, 0.05) is 29.7 Å². The predicted molar refractivity (Wildman–Crippen MR) is 120 cm³/mol. The third-order valence-electron chi connectivity index (χ3n) is 4.85. The Morgan fingerprint density at radius 1 is 1.03 bits per heavy atom. The van der Waals surface area contributed by atoms with E-state index in [1.165, 1.54) is 6.07 Å². The van der Waals surface area contributed by atoms with Gasteiger partial charge >= 0.3 is 6.03 Å². The fraction of sp³-hybridized carbons (Fsp3) is 0.250. The van der Waals surface area contributed by atoms with E-state index < -0.39 is 0 Å². The van der Waals surface area contributed by atoms with E-state index in [9.17, 15) is 14.0 Å². The molecule has 3 amide bonds. The molecule has 162 valence electrons. The minimum atomic E-state index is -0.341. The van der Waals surface area contributed by atoms with Crippen LogP contribution in [0.1, 0.15) is 41.2 Å². The number of nitrogens with one attached hydrogen (secondary N) is 3. The van der Waals surface area contributed by atoms with Crippen molar-refractivity contribution in [2.24, 2.45) is 0 Å². The number of hydrogen-bond donors (Lipinski definition) is 3. The minimum Gasteiger partial charge on any atom is -0.348 e. The lowest BCUT2D eigenvalue weighted by Crippen LogP contribution is -2.34. The molecule has 0 unspecified atom stereocenters. The molecular formula is C24H27FN4O2.